The Balaban J connectivity index is 1.65. The molecule has 0 aromatic heterocycles. The van der Waals surface area contributed by atoms with Crippen LogP contribution in [-0.2, 0) is 4.79 Å². The Bertz CT molecular complexity index is 1030. The lowest BCUT2D eigenvalue weighted by molar-refractivity contribution is -0.115. The molecule has 1 fully saturated rings. The maximum Gasteiger partial charge on any atom is 0.243 e. The molecule has 0 aliphatic carbocycles. The zero-order chi connectivity index (χ0) is 19.0. The monoisotopic (exact) mass is 403 g/mol. The van der Waals surface area contributed by atoms with Crippen LogP contribution in [0.2, 0.25) is 0 Å². The summed E-state index contributed by atoms with van der Waals surface area (Å²) in [5.41, 5.74) is 2.90. The van der Waals surface area contributed by atoms with Crippen LogP contribution in [-0.4, -0.2) is 21.0 Å². The van der Waals surface area contributed by atoms with E-state index in [-0.39, 0.29) is 5.91 Å². The van der Waals surface area contributed by atoms with E-state index in [1.807, 2.05) is 88.8 Å². The first-order chi connectivity index (χ1) is 13.8. The smallest absolute Gasteiger partial charge is 0.243 e. The maximum atomic E-state index is 13.0. The van der Waals surface area contributed by atoms with Crippen molar-refractivity contribution in [3.63, 3.8) is 0 Å². The molecule has 2 heterocycles. The summed E-state index contributed by atoms with van der Waals surface area (Å²) < 4.78 is -0.676. The van der Waals surface area contributed by atoms with Crippen LogP contribution < -0.4 is 9.91 Å². The van der Waals surface area contributed by atoms with Crippen LogP contribution in [0.15, 0.2) is 96.1 Å². The third-order valence-electron chi connectivity index (χ3n) is 4.64. The van der Waals surface area contributed by atoms with Gasteiger partial charge in [0.05, 0.1) is 11.4 Å². The molecule has 3 aromatic carbocycles. The Morgan fingerprint density at radius 3 is 2.00 bits per heavy atom. The highest BCUT2D eigenvalue weighted by Crippen LogP contribution is 2.55. The van der Waals surface area contributed by atoms with Crippen LogP contribution in [0.1, 0.15) is 5.56 Å². The molecular weight excluding hydrogens is 386 g/mol. The Morgan fingerprint density at radius 2 is 1.36 bits per heavy atom. The molecule has 5 rings (SSSR count). The van der Waals surface area contributed by atoms with E-state index in [4.69, 9.17) is 5.10 Å². The summed E-state index contributed by atoms with van der Waals surface area (Å²) in [6.07, 6.45) is 0. The minimum Gasteiger partial charge on any atom is -0.273 e. The molecule has 2 aliphatic heterocycles. The number of rotatable bonds is 3. The molecule has 1 atom stereocenters. The van der Waals surface area contributed by atoms with Crippen molar-refractivity contribution in [2.45, 2.75) is 4.33 Å². The van der Waals surface area contributed by atoms with E-state index in [1.54, 1.807) is 23.5 Å². The number of hydrogen-bond donors (Lipinski definition) is 0. The second-order valence-corrected chi connectivity index (χ2v) is 8.99. The Morgan fingerprint density at radius 1 is 0.786 bits per heavy atom. The Labute approximate surface area is 172 Å². The average Bonchev–Trinajstić information content (AvgIpc) is 3.30. The van der Waals surface area contributed by atoms with Gasteiger partial charge in [0, 0.05) is 11.3 Å². The highest BCUT2D eigenvalue weighted by atomic mass is 32.2. The summed E-state index contributed by atoms with van der Waals surface area (Å²) in [4.78, 5) is 14.9. The van der Waals surface area contributed by atoms with Crippen molar-refractivity contribution >= 4 is 45.8 Å². The molecule has 0 bridgehead atoms. The molecule has 0 N–H and O–H groups in total. The first-order valence-electron chi connectivity index (χ1n) is 8.98. The molecule has 6 heteroatoms. The van der Waals surface area contributed by atoms with E-state index in [0.29, 0.717) is 5.75 Å². The maximum absolute atomic E-state index is 13.0. The van der Waals surface area contributed by atoms with E-state index < -0.39 is 4.33 Å². The highest BCUT2D eigenvalue weighted by molar-refractivity contribution is 8.27. The SMILES string of the molecule is O=C1CS[C@@]2(SC(c3ccccc3)=NN2c2ccccc2)N1c1ccccc1. The molecule has 1 saturated heterocycles. The quantitative estimate of drug-likeness (QED) is 0.617. The summed E-state index contributed by atoms with van der Waals surface area (Å²) in [5, 5.41) is 7.87. The molecular formula is C22H17N3OS2. The van der Waals surface area contributed by atoms with E-state index in [1.165, 1.54) is 0 Å². The lowest BCUT2D eigenvalue weighted by atomic mass is 10.2. The standard InChI is InChI=1S/C22H17N3OS2/c26-20-16-27-22(24(20)18-12-6-2-7-13-18)25(19-14-8-3-9-15-19)23-21(28-22)17-10-4-1-5-11-17/h1-15H,16H2/t22-/m1/s1. The summed E-state index contributed by atoms with van der Waals surface area (Å²) in [6, 6.07) is 30.0. The summed E-state index contributed by atoms with van der Waals surface area (Å²) in [6.45, 7) is 0. The van der Waals surface area contributed by atoms with Crippen LogP contribution in [0.4, 0.5) is 11.4 Å². The summed E-state index contributed by atoms with van der Waals surface area (Å²) in [7, 11) is 0. The van der Waals surface area contributed by atoms with E-state index in [0.717, 1.165) is 22.0 Å². The number of hydrogen-bond acceptors (Lipinski definition) is 5. The molecule has 138 valence electrons. The second-order valence-electron chi connectivity index (χ2n) is 6.42. The van der Waals surface area contributed by atoms with Gasteiger partial charge in [0.25, 0.3) is 0 Å². The van der Waals surface area contributed by atoms with Crippen LogP contribution in [0, 0.1) is 0 Å². The summed E-state index contributed by atoms with van der Waals surface area (Å²) in [5.74, 6) is 0.511. The molecule has 2 aliphatic rings. The van der Waals surface area contributed by atoms with Gasteiger partial charge in [-0.25, -0.2) is 5.01 Å². The zero-order valence-corrected chi connectivity index (χ0v) is 16.6. The number of carbonyl (C=O) groups is 1. The van der Waals surface area contributed by atoms with Crippen molar-refractivity contribution in [2.75, 3.05) is 15.7 Å². The van der Waals surface area contributed by atoms with Crippen LogP contribution in [0.5, 0.6) is 0 Å². The number of carbonyl (C=O) groups excluding carboxylic acids is 1. The lowest BCUT2D eigenvalue weighted by Gasteiger charge is -2.39. The van der Waals surface area contributed by atoms with Crippen molar-refractivity contribution in [3.05, 3.63) is 96.6 Å². The number of para-hydroxylation sites is 2. The number of anilines is 2. The van der Waals surface area contributed by atoms with E-state index in [9.17, 15) is 4.79 Å². The first-order valence-corrected chi connectivity index (χ1v) is 10.8. The van der Waals surface area contributed by atoms with Crippen LogP contribution in [0.3, 0.4) is 0 Å². The highest BCUT2D eigenvalue weighted by Gasteiger charge is 2.57. The number of hydrazone groups is 1. The van der Waals surface area contributed by atoms with Crippen molar-refractivity contribution in [1.82, 2.24) is 0 Å². The average molecular weight is 404 g/mol. The number of amides is 1. The molecule has 28 heavy (non-hydrogen) atoms. The van der Waals surface area contributed by atoms with Gasteiger partial charge in [-0.2, -0.15) is 5.10 Å². The van der Waals surface area contributed by atoms with Crippen LogP contribution in [0.25, 0.3) is 0 Å². The Kier molecular flexibility index (Phi) is 4.37. The van der Waals surface area contributed by atoms with Gasteiger partial charge in [-0.1, -0.05) is 78.5 Å². The predicted molar refractivity (Wildman–Crippen MR) is 119 cm³/mol. The van der Waals surface area contributed by atoms with Crippen molar-refractivity contribution in [1.29, 1.82) is 0 Å². The van der Waals surface area contributed by atoms with Gasteiger partial charge in [-0.15, -0.1) is 0 Å². The van der Waals surface area contributed by atoms with Crippen molar-refractivity contribution in [3.8, 4) is 0 Å². The van der Waals surface area contributed by atoms with Crippen LogP contribution >= 0.6 is 23.5 Å². The van der Waals surface area contributed by atoms with E-state index >= 15 is 0 Å². The normalized spacial score (nSPS) is 21.4. The summed E-state index contributed by atoms with van der Waals surface area (Å²) >= 11 is 3.24. The van der Waals surface area contributed by atoms with Gasteiger partial charge < -0.3 is 0 Å². The third kappa shape index (κ3) is 2.80. The van der Waals surface area contributed by atoms with Gasteiger partial charge >= 0.3 is 0 Å². The minimum atomic E-state index is -0.676. The minimum absolute atomic E-state index is 0.0918. The fourth-order valence-corrected chi connectivity index (χ4v) is 6.24. The fraction of sp³-hybridized carbons (Fsp3) is 0.0909. The number of benzene rings is 3. The topological polar surface area (TPSA) is 35.9 Å². The van der Waals surface area contributed by atoms with Gasteiger partial charge in [0.1, 0.15) is 5.04 Å². The van der Waals surface area contributed by atoms with Crippen molar-refractivity contribution < 1.29 is 4.79 Å². The van der Waals surface area contributed by atoms with Gasteiger partial charge in [0.2, 0.25) is 10.2 Å². The third-order valence-corrected chi connectivity index (χ3v) is 7.50. The molecule has 0 saturated carbocycles. The zero-order valence-electron chi connectivity index (χ0n) is 14.9. The second kappa shape index (κ2) is 7.04. The first kappa shape index (κ1) is 17.4. The van der Waals surface area contributed by atoms with E-state index in [2.05, 4.69) is 12.1 Å². The molecule has 4 nitrogen and oxygen atoms in total. The predicted octanol–water partition coefficient (Wildman–Crippen LogP) is 4.99. The largest absolute Gasteiger partial charge is 0.273 e. The van der Waals surface area contributed by atoms with Crippen molar-refractivity contribution in [2.24, 2.45) is 5.10 Å². The van der Waals surface area contributed by atoms with Gasteiger partial charge in [0.15, 0.2) is 0 Å². The molecule has 1 spiro atoms. The lowest BCUT2D eigenvalue weighted by Crippen LogP contribution is -2.51. The van der Waals surface area contributed by atoms with Gasteiger partial charge in [-0.05, 0) is 36.0 Å². The molecule has 3 aromatic rings. The Hall–Kier alpha value is -2.70. The number of thioether (sulfide) groups is 2. The molecule has 0 radical (unpaired) electrons. The molecule has 1 amide bonds. The number of nitrogens with zero attached hydrogens (tertiary/aromatic N) is 3. The fourth-order valence-electron chi connectivity index (χ4n) is 3.39. The molecule has 0 unspecified atom stereocenters. The van der Waals surface area contributed by atoms with Gasteiger partial charge in [-0.3, -0.25) is 9.69 Å².